The van der Waals surface area contributed by atoms with Gasteiger partial charge in [-0.05, 0) is 43.5 Å². The van der Waals surface area contributed by atoms with E-state index in [0.29, 0.717) is 16.1 Å². The molecule has 0 saturated heterocycles. The summed E-state index contributed by atoms with van der Waals surface area (Å²) in [4.78, 5) is 5.28. The highest BCUT2D eigenvalue weighted by Gasteiger charge is 2.17. The molecule has 0 atom stereocenters. The maximum atomic E-state index is 12.4. The third-order valence-corrected chi connectivity index (χ3v) is 7.30. The number of sulfonamides is 1. The average Bonchev–Trinajstić information content (AvgIpc) is 3.08. The fraction of sp³-hybridized carbons (Fsp3) is 0.471. The van der Waals surface area contributed by atoms with E-state index in [9.17, 15) is 8.42 Å². The third-order valence-electron chi connectivity index (χ3n) is 4.23. The summed E-state index contributed by atoms with van der Waals surface area (Å²) < 4.78 is 27.6. The molecule has 130 valence electrons. The Kier molecular flexibility index (Phi) is 5.40. The van der Waals surface area contributed by atoms with Crippen LogP contribution in [0, 0.1) is 0 Å². The van der Waals surface area contributed by atoms with E-state index >= 15 is 0 Å². The summed E-state index contributed by atoms with van der Waals surface area (Å²) in [6, 6.07) is 7.58. The first-order valence-corrected chi connectivity index (χ1v) is 10.7. The highest BCUT2D eigenvalue weighted by atomic mass is 32.2. The van der Waals surface area contributed by atoms with E-state index in [1.54, 1.807) is 18.3 Å². The monoisotopic (exact) mass is 365 g/mol. The van der Waals surface area contributed by atoms with Crippen LogP contribution in [0.5, 0.6) is 0 Å². The first kappa shape index (κ1) is 17.2. The lowest BCUT2D eigenvalue weighted by Gasteiger charge is -2.23. The van der Waals surface area contributed by atoms with Gasteiger partial charge in [0.05, 0.1) is 11.9 Å². The van der Waals surface area contributed by atoms with Crippen molar-refractivity contribution >= 4 is 32.9 Å². The van der Waals surface area contributed by atoms with Crippen molar-refractivity contribution in [3.8, 4) is 0 Å². The second-order valence-corrected chi connectivity index (χ2v) is 9.17. The van der Waals surface area contributed by atoms with Gasteiger partial charge in [0, 0.05) is 10.9 Å². The number of rotatable bonds is 6. The van der Waals surface area contributed by atoms with Gasteiger partial charge in [0.2, 0.25) is 0 Å². The molecule has 2 heterocycles. The Morgan fingerprint density at radius 1 is 1.17 bits per heavy atom. The van der Waals surface area contributed by atoms with Crippen LogP contribution in [0.25, 0.3) is 0 Å². The third kappa shape index (κ3) is 4.27. The van der Waals surface area contributed by atoms with Crippen LogP contribution in [0.15, 0.2) is 34.7 Å². The number of hydrogen-bond acceptors (Lipinski definition) is 5. The molecule has 0 aliphatic heterocycles. The Labute approximate surface area is 147 Å². The van der Waals surface area contributed by atoms with Crippen molar-refractivity contribution in [1.29, 1.82) is 0 Å². The number of hydrogen-bond donors (Lipinski definition) is 2. The molecule has 7 heteroatoms. The van der Waals surface area contributed by atoms with E-state index in [1.165, 1.54) is 43.4 Å². The van der Waals surface area contributed by atoms with Crippen molar-refractivity contribution in [1.82, 2.24) is 4.98 Å². The normalized spacial score (nSPS) is 16.0. The summed E-state index contributed by atoms with van der Waals surface area (Å²) in [5, 5.41) is 3.48. The summed E-state index contributed by atoms with van der Waals surface area (Å²) in [6.07, 6.45) is 8.75. The predicted octanol–water partition coefficient (Wildman–Crippen LogP) is 4.25. The SMILES string of the molecule is CCc1ccc(S(=O)(=O)Nc2ccc(NC3CCCCC3)cn2)s1. The molecule has 2 N–H and O–H groups in total. The molecule has 0 unspecified atom stereocenters. The molecule has 2 aromatic heterocycles. The molecule has 5 nitrogen and oxygen atoms in total. The van der Waals surface area contributed by atoms with E-state index < -0.39 is 10.0 Å². The van der Waals surface area contributed by atoms with Crippen molar-refractivity contribution < 1.29 is 8.42 Å². The van der Waals surface area contributed by atoms with Crippen LogP contribution in [0.3, 0.4) is 0 Å². The van der Waals surface area contributed by atoms with E-state index in [1.807, 2.05) is 19.1 Å². The molecular weight excluding hydrogens is 342 g/mol. The van der Waals surface area contributed by atoms with Crippen LogP contribution in [-0.2, 0) is 16.4 Å². The zero-order valence-corrected chi connectivity index (χ0v) is 15.4. The molecule has 1 aliphatic rings. The van der Waals surface area contributed by atoms with Crippen molar-refractivity contribution in [2.75, 3.05) is 10.0 Å². The number of aryl methyl sites for hydroxylation is 1. The van der Waals surface area contributed by atoms with Crippen LogP contribution in [-0.4, -0.2) is 19.4 Å². The fourth-order valence-corrected chi connectivity index (χ4v) is 5.21. The Balaban J connectivity index is 1.64. The Bertz CT molecular complexity index is 763. The van der Waals surface area contributed by atoms with Crippen LogP contribution in [0.2, 0.25) is 0 Å². The van der Waals surface area contributed by atoms with Crippen molar-refractivity contribution in [2.24, 2.45) is 0 Å². The van der Waals surface area contributed by atoms with Crippen LogP contribution < -0.4 is 10.0 Å². The van der Waals surface area contributed by atoms with Crippen LogP contribution in [0.4, 0.5) is 11.5 Å². The number of nitrogens with one attached hydrogen (secondary N) is 2. The lowest BCUT2D eigenvalue weighted by molar-refractivity contribution is 0.462. The fourth-order valence-electron chi connectivity index (χ4n) is 2.90. The summed E-state index contributed by atoms with van der Waals surface area (Å²) >= 11 is 1.29. The molecule has 2 aromatic rings. The lowest BCUT2D eigenvalue weighted by Crippen LogP contribution is -2.22. The molecule has 24 heavy (non-hydrogen) atoms. The number of thiophene rings is 1. The van der Waals surface area contributed by atoms with Gasteiger partial charge in [-0.1, -0.05) is 26.2 Å². The Morgan fingerprint density at radius 3 is 2.58 bits per heavy atom. The predicted molar refractivity (Wildman–Crippen MR) is 99.2 cm³/mol. The minimum atomic E-state index is -3.56. The molecule has 1 fully saturated rings. The van der Waals surface area contributed by atoms with Gasteiger partial charge in [-0.3, -0.25) is 4.72 Å². The van der Waals surface area contributed by atoms with Gasteiger partial charge in [-0.15, -0.1) is 11.3 Å². The van der Waals surface area contributed by atoms with Gasteiger partial charge >= 0.3 is 0 Å². The zero-order chi connectivity index (χ0) is 17.0. The first-order chi connectivity index (χ1) is 11.6. The second-order valence-electron chi connectivity index (χ2n) is 6.09. The Morgan fingerprint density at radius 2 is 1.96 bits per heavy atom. The first-order valence-electron chi connectivity index (χ1n) is 8.41. The highest BCUT2D eigenvalue weighted by Crippen LogP contribution is 2.25. The minimum absolute atomic E-state index is 0.325. The van der Waals surface area contributed by atoms with Gasteiger partial charge in [0.1, 0.15) is 10.0 Å². The summed E-state index contributed by atoms with van der Waals surface area (Å²) in [5.41, 5.74) is 0.939. The van der Waals surface area contributed by atoms with Gasteiger partial charge in [-0.25, -0.2) is 13.4 Å². The number of pyridine rings is 1. The molecular formula is C17H23N3O2S2. The molecule has 0 spiro atoms. The maximum Gasteiger partial charge on any atom is 0.272 e. The summed E-state index contributed by atoms with van der Waals surface area (Å²) in [6.45, 7) is 2.01. The van der Waals surface area contributed by atoms with Crippen molar-refractivity contribution in [3.05, 3.63) is 35.3 Å². The van der Waals surface area contributed by atoms with Crippen molar-refractivity contribution in [2.45, 2.75) is 55.7 Å². The zero-order valence-electron chi connectivity index (χ0n) is 13.8. The topological polar surface area (TPSA) is 71.1 Å². The highest BCUT2D eigenvalue weighted by molar-refractivity contribution is 7.94. The number of nitrogens with zero attached hydrogens (tertiary/aromatic N) is 1. The number of aromatic nitrogens is 1. The molecule has 1 saturated carbocycles. The summed E-state index contributed by atoms with van der Waals surface area (Å²) in [5.74, 6) is 0.343. The molecule has 0 amide bonds. The molecule has 0 radical (unpaired) electrons. The number of anilines is 2. The van der Waals surface area contributed by atoms with Gasteiger partial charge < -0.3 is 5.32 Å². The quantitative estimate of drug-likeness (QED) is 0.803. The second kappa shape index (κ2) is 7.53. The van der Waals surface area contributed by atoms with Gasteiger partial charge in [0.15, 0.2) is 0 Å². The van der Waals surface area contributed by atoms with Gasteiger partial charge in [0.25, 0.3) is 10.0 Å². The standard InChI is InChI=1S/C17H23N3O2S2/c1-2-15-9-11-17(23-15)24(21,22)20-16-10-8-14(12-18-16)19-13-6-4-3-5-7-13/h8-13,19H,2-7H2,1H3,(H,18,20). The van der Waals surface area contributed by atoms with Crippen LogP contribution >= 0.6 is 11.3 Å². The Hall–Kier alpha value is -1.60. The van der Waals surface area contributed by atoms with Crippen LogP contribution in [0.1, 0.15) is 43.9 Å². The minimum Gasteiger partial charge on any atom is -0.381 e. The largest absolute Gasteiger partial charge is 0.381 e. The molecule has 1 aliphatic carbocycles. The van der Waals surface area contributed by atoms with E-state index in [4.69, 9.17) is 0 Å². The van der Waals surface area contributed by atoms with E-state index in [2.05, 4.69) is 15.0 Å². The average molecular weight is 366 g/mol. The van der Waals surface area contributed by atoms with E-state index in [0.717, 1.165) is 17.0 Å². The van der Waals surface area contributed by atoms with E-state index in [-0.39, 0.29) is 0 Å². The smallest absolute Gasteiger partial charge is 0.272 e. The van der Waals surface area contributed by atoms with Crippen molar-refractivity contribution in [3.63, 3.8) is 0 Å². The summed E-state index contributed by atoms with van der Waals surface area (Å²) in [7, 11) is -3.56. The molecule has 3 rings (SSSR count). The maximum absolute atomic E-state index is 12.4. The van der Waals surface area contributed by atoms with Gasteiger partial charge in [-0.2, -0.15) is 0 Å². The lowest BCUT2D eigenvalue weighted by atomic mass is 9.95. The molecule has 0 aromatic carbocycles. The molecule has 0 bridgehead atoms.